The second-order valence-corrected chi connectivity index (χ2v) is 6.10. The molecule has 1 amide bonds. The van der Waals surface area contributed by atoms with E-state index in [1.165, 1.54) is 6.92 Å². The summed E-state index contributed by atoms with van der Waals surface area (Å²) in [5.74, 6) is -1.26. The zero-order chi connectivity index (χ0) is 18.0. The largest absolute Gasteiger partial charge is 0.449 e. The number of furan rings is 1. The summed E-state index contributed by atoms with van der Waals surface area (Å²) in [7, 11) is 0. The molecule has 5 nitrogen and oxygen atoms in total. The van der Waals surface area contributed by atoms with E-state index in [1.54, 1.807) is 36.4 Å². The first-order valence-corrected chi connectivity index (χ1v) is 8.15. The van der Waals surface area contributed by atoms with Crippen molar-refractivity contribution in [3.8, 4) is 0 Å². The molecule has 0 bridgehead atoms. The lowest BCUT2D eigenvalue weighted by molar-refractivity contribution is -0.123. The van der Waals surface area contributed by atoms with Crippen molar-refractivity contribution < 1.29 is 18.7 Å². The topological polar surface area (TPSA) is 68.5 Å². The summed E-state index contributed by atoms with van der Waals surface area (Å²) in [5, 5.41) is 3.90. The van der Waals surface area contributed by atoms with Crippen LogP contribution in [-0.4, -0.2) is 18.0 Å². The first-order chi connectivity index (χ1) is 12.0. The van der Waals surface area contributed by atoms with Gasteiger partial charge in [-0.25, -0.2) is 4.79 Å². The molecule has 1 N–H and O–H groups in total. The zero-order valence-electron chi connectivity index (χ0n) is 13.1. The number of carbonyl (C=O) groups is 2. The average Bonchev–Trinajstić information content (AvgIpc) is 3.02. The van der Waals surface area contributed by atoms with E-state index >= 15 is 0 Å². The maximum atomic E-state index is 12.2. The fraction of sp³-hybridized carbons (Fsp3) is 0.111. The third-order valence-corrected chi connectivity index (χ3v) is 4.12. The minimum atomic E-state index is -1.06. The third-order valence-electron chi connectivity index (χ3n) is 3.49. The molecule has 0 saturated carbocycles. The van der Waals surface area contributed by atoms with Crippen molar-refractivity contribution in [3.63, 3.8) is 0 Å². The quantitative estimate of drug-likeness (QED) is 0.654. The molecule has 0 spiro atoms. The SMILES string of the molecule is C[C@H](OC(=O)c1cc2ccccc2o1)C(=O)Nc1c(Cl)cccc1Cl. The molecule has 0 aliphatic rings. The third kappa shape index (κ3) is 3.78. The minimum Gasteiger partial charge on any atom is -0.449 e. The Morgan fingerprint density at radius 3 is 2.44 bits per heavy atom. The van der Waals surface area contributed by atoms with Gasteiger partial charge in [-0.1, -0.05) is 47.5 Å². The molecule has 1 heterocycles. The Hall–Kier alpha value is -2.50. The molecule has 25 heavy (non-hydrogen) atoms. The molecule has 1 aromatic heterocycles. The molecule has 0 saturated heterocycles. The second-order valence-electron chi connectivity index (χ2n) is 5.28. The van der Waals surface area contributed by atoms with Crippen LogP contribution in [0.5, 0.6) is 0 Å². The number of ether oxygens (including phenoxy) is 1. The first kappa shape index (κ1) is 17.3. The lowest BCUT2D eigenvalue weighted by Gasteiger charge is -2.14. The van der Waals surface area contributed by atoms with Crippen molar-refractivity contribution in [3.05, 3.63) is 64.3 Å². The van der Waals surface area contributed by atoms with Crippen LogP contribution < -0.4 is 5.32 Å². The van der Waals surface area contributed by atoms with Crippen molar-refractivity contribution in [1.29, 1.82) is 0 Å². The Morgan fingerprint density at radius 2 is 1.76 bits per heavy atom. The fourth-order valence-electron chi connectivity index (χ4n) is 2.20. The van der Waals surface area contributed by atoms with Gasteiger partial charge in [-0.3, -0.25) is 4.79 Å². The second kappa shape index (κ2) is 7.17. The van der Waals surface area contributed by atoms with Crippen molar-refractivity contribution in [2.24, 2.45) is 0 Å². The number of anilines is 1. The summed E-state index contributed by atoms with van der Waals surface area (Å²) in [5.41, 5.74) is 0.830. The number of halogens is 2. The number of rotatable bonds is 4. The van der Waals surface area contributed by atoms with Crippen LogP contribution in [0.25, 0.3) is 11.0 Å². The number of benzene rings is 2. The number of amides is 1. The van der Waals surface area contributed by atoms with Crippen LogP contribution in [0.15, 0.2) is 52.9 Å². The molecule has 0 fully saturated rings. The van der Waals surface area contributed by atoms with Gasteiger partial charge >= 0.3 is 5.97 Å². The molecule has 3 rings (SSSR count). The van der Waals surface area contributed by atoms with E-state index in [0.717, 1.165) is 5.39 Å². The van der Waals surface area contributed by atoms with Crippen molar-refractivity contribution in [2.45, 2.75) is 13.0 Å². The Kier molecular flexibility index (Phi) is 4.97. The van der Waals surface area contributed by atoms with Crippen LogP contribution in [0.4, 0.5) is 5.69 Å². The van der Waals surface area contributed by atoms with Gasteiger partial charge in [0, 0.05) is 5.39 Å². The fourth-order valence-corrected chi connectivity index (χ4v) is 2.69. The first-order valence-electron chi connectivity index (χ1n) is 7.40. The highest BCUT2D eigenvalue weighted by Crippen LogP contribution is 2.30. The van der Waals surface area contributed by atoms with Crippen LogP contribution in [0.1, 0.15) is 17.5 Å². The highest BCUT2D eigenvalue weighted by atomic mass is 35.5. The van der Waals surface area contributed by atoms with E-state index in [-0.39, 0.29) is 21.5 Å². The summed E-state index contributed by atoms with van der Waals surface area (Å²) in [6.07, 6.45) is -1.06. The van der Waals surface area contributed by atoms with Gasteiger partial charge in [-0.2, -0.15) is 0 Å². The number of carbonyl (C=O) groups excluding carboxylic acids is 2. The van der Waals surface area contributed by atoms with Crippen molar-refractivity contribution in [2.75, 3.05) is 5.32 Å². The smallest absolute Gasteiger partial charge is 0.375 e. The van der Waals surface area contributed by atoms with Gasteiger partial charge in [0.1, 0.15) is 5.58 Å². The Morgan fingerprint density at radius 1 is 1.08 bits per heavy atom. The van der Waals surface area contributed by atoms with Crippen LogP contribution in [0.3, 0.4) is 0 Å². The van der Waals surface area contributed by atoms with E-state index in [0.29, 0.717) is 5.58 Å². The monoisotopic (exact) mass is 377 g/mol. The predicted molar refractivity (Wildman–Crippen MR) is 96.2 cm³/mol. The number of esters is 1. The molecule has 0 unspecified atom stereocenters. The Labute approximate surface area is 153 Å². The molecule has 0 aliphatic heterocycles. The van der Waals surface area contributed by atoms with Gasteiger partial charge in [0.2, 0.25) is 5.76 Å². The molecular weight excluding hydrogens is 365 g/mol. The maximum Gasteiger partial charge on any atom is 0.375 e. The van der Waals surface area contributed by atoms with Crippen LogP contribution in [-0.2, 0) is 9.53 Å². The molecule has 0 aliphatic carbocycles. The molecule has 128 valence electrons. The Bertz CT molecular complexity index is 898. The molecule has 3 aromatic rings. The Balaban J connectivity index is 1.69. The lowest BCUT2D eigenvalue weighted by atomic mass is 10.2. The van der Waals surface area contributed by atoms with Crippen LogP contribution in [0.2, 0.25) is 10.0 Å². The van der Waals surface area contributed by atoms with Crippen molar-refractivity contribution >= 4 is 51.7 Å². The van der Waals surface area contributed by atoms with Crippen LogP contribution in [0, 0.1) is 0 Å². The number of hydrogen-bond acceptors (Lipinski definition) is 4. The lowest BCUT2D eigenvalue weighted by Crippen LogP contribution is -2.30. The molecule has 0 radical (unpaired) electrons. The normalized spacial score (nSPS) is 12.0. The van der Waals surface area contributed by atoms with E-state index in [1.807, 2.05) is 12.1 Å². The molecular formula is C18H13Cl2NO4. The average molecular weight is 378 g/mol. The molecule has 7 heteroatoms. The maximum absolute atomic E-state index is 12.2. The van der Waals surface area contributed by atoms with Gasteiger partial charge in [0.05, 0.1) is 15.7 Å². The summed E-state index contributed by atoms with van der Waals surface area (Å²) in [6, 6.07) is 13.6. The van der Waals surface area contributed by atoms with E-state index in [2.05, 4.69) is 5.32 Å². The molecule has 2 aromatic carbocycles. The number of para-hydroxylation sites is 2. The summed E-state index contributed by atoms with van der Waals surface area (Å²) >= 11 is 12.0. The summed E-state index contributed by atoms with van der Waals surface area (Å²) < 4.78 is 10.6. The zero-order valence-corrected chi connectivity index (χ0v) is 14.6. The van der Waals surface area contributed by atoms with Gasteiger partial charge in [-0.15, -0.1) is 0 Å². The van der Waals surface area contributed by atoms with E-state index in [4.69, 9.17) is 32.4 Å². The number of fused-ring (bicyclic) bond motifs is 1. The standard InChI is InChI=1S/C18H13Cl2NO4/c1-10(17(22)21-16-12(19)6-4-7-13(16)20)24-18(23)15-9-11-5-2-3-8-14(11)25-15/h2-10H,1H3,(H,21,22)/t10-/m0/s1. The van der Waals surface area contributed by atoms with Gasteiger partial charge in [0.25, 0.3) is 5.91 Å². The minimum absolute atomic E-state index is 0.0247. The highest BCUT2D eigenvalue weighted by Gasteiger charge is 2.22. The van der Waals surface area contributed by atoms with Gasteiger partial charge in [-0.05, 0) is 31.2 Å². The summed E-state index contributed by atoms with van der Waals surface area (Å²) in [6.45, 7) is 1.45. The van der Waals surface area contributed by atoms with Gasteiger partial charge in [0.15, 0.2) is 6.10 Å². The van der Waals surface area contributed by atoms with Gasteiger partial charge < -0.3 is 14.5 Å². The number of nitrogens with one attached hydrogen (secondary N) is 1. The number of hydrogen-bond donors (Lipinski definition) is 1. The van der Waals surface area contributed by atoms with Crippen LogP contribution >= 0.6 is 23.2 Å². The molecule has 1 atom stereocenters. The highest BCUT2D eigenvalue weighted by molar-refractivity contribution is 6.39. The van der Waals surface area contributed by atoms with E-state index < -0.39 is 18.0 Å². The summed E-state index contributed by atoms with van der Waals surface area (Å²) in [4.78, 5) is 24.4. The predicted octanol–water partition coefficient (Wildman–Crippen LogP) is 4.92. The van der Waals surface area contributed by atoms with E-state index in [9.17, 15) is 9.59 Å². The van der Waals surface area contributed by atoms with Crippen molar-refractivity contribution in [1.82, 2.24) is 0 Å².